The largest absolute Gasteiger partial charge is 0.310 e. The predicted molar refractivity (Wildman–Crippen MR) is 70.6 cm³/mol. The van der Waals surface area contributed by atoms with E-state index in [0.29, 0.717) is 0 Å². The number of benzene rings is 1. The van der Waals surface area contributed by atoms with Gasteiger partial charge >= 0.3 is 0 Å². The topological polar surface area (TPSA) is 156 Å². The van der Waals surface area contributed by atoms with Gasteiger partial charge in [-0.25, -0.2) is 4.68 Å². The molecule has 0 bridgehead atoms. The van der Waals surface area contributed by atoms with Crippen molar-refractivity contribution in [3.05, 3.63) is 38.4 Å². The zero-order valence-corrected chi connectivity index (χ0v) is 11.4. The van der Waals surface area contributed by atoms with E-state index in [1.54, 1.807) is 6.92 Å². The maximum absolute atomic E-state index is 11.0. The van der Waals surface area contributed by atoms with Crippen LogP contribution in [0.1, 0.15) is 13.1 Å². The molecule has 1 atom stereocenters. The summed E-state index contributed by atoms with van der Waals surface area (Å²) in [5.74, 6) is 0. The van der Waals surface area contributed by atoms with Crippen LogP contribution in [0, 0.1) is 20.2 Å². The lowest BCUT2D eigenvalue weighted by Crippen LogP contribution is -2.17. The summed E-state index contributed by atoms with van der Waals surface area (Å²) in [6.45, 7) is 1.64. The summed E-state index contributed by atoms with van der Waals surface area (Å²) in [4.78, 5) is 20.5. The highest BCUT2D eigenvalue weighted by Crippen LogP contribution is 2.36. The maximum atomic E-state index is 11.0. The van der Waals surface area contributed by atoms with Crippen LogP contribution in [0.25, 0.3) is 0 Å². The number of nitrogens with two attached hydrogens (primary N) is 1. The Labute approximate surface area is 121 Å². The molecule has 110 valence electrons. The van der Waals surface area contributed by atoms with E-state index in [9.17, 15) is 20.2 Å². The van der Waals surface area contributed by atoms with Gasteiger partial charge < -0.3 is 5.73 Å². The molecule has 0 aliphatic rings. The average Bonchev–Trinajstić information content (AvgIpc) is 2.87. The van der Waals surface area contributed by atoms with Crippen molar-refractivity contribution in [2.45, 2.75) is 23.1 Å². The maximum Gasteiger partial charge on any atom is 0.290 e. The third-order valence-electron chi connectivity index (χ3n) is 2.40. The van der Waals surface area contributed by atoms with Gasteiger partial charge in [-0.3, -0.25) is 20.2 Å². The van der Waals surface area contributed by atoms with Gasteiger partial charge in [-0.05, 0) is 35.2 Å². The van der Waals surface area contributed by atoms with Gasteiger partial charge in [0, 0.05) is 6.07 Å². The standard InChI is InChI=1S/C9H9N7O4S/c1-5(10)14-9(11-12-13-14)21-8-3-2-6(15(17)18)4-7(8)16(19)20/h2-5H,10H2,1H3. The fourth-order valence-electron chi connectivity index (χ4n) is 1.45. The third kappa shape index (κ3) is 3.11. The molecule has 0 saturated carbocycles. The first-order chi connectivity index (χ1) is 9.90. The molecule has 1 aromatic heterocycles. The first-order valence-corrected chi connectivity index (χ1v) is 6.36. The van der Waals surface area contributed by atoms with Crippen LogP contribution >= 0.6 is 11.8 Å². The molecule has 2 rings (SSSR count). The van der Waals surface area contributed by atoms with Gasteiger partial charge in [-0.15, -0.1) is 5.10 Å². The Morgan fingerprint density at radius 1 is 1.33 bits per heavy atom. The molecule has 21 heavy (non-hydrogen) atoms. The summed E-state index contributed by atoms with van der Waals surface area (Å²) >= 11 is 0.907. The Kier molecular flexibility index (Phi) is 4.09. The highest BCUT2D eigenvalue weighted by molar-refractivity contribution is 7.99. The molecule has 0 aliphatic heterocycles. The minimum Gasteiger partial charge on any atom is -0.310 e. The predicted octanol–water partition coefficient (Wildman–Crippen LogP) is 1.12. The summed E-state index contributed by atoms with van der Waals surface area (Å²) in [5, 5.41) is 32.8. The van der Waals surface area contributed by atoms with Crippen molar-refractivity contribution >= 4 is 23.1 Å². The fourth-order valence-corrected chi connectivity index (χ4v) is 2.40. The molecule has 0 fully saturated rings. The van der Waals surface area contributed by atoms with Crippen molar-refractivity contribution in [3.63, 3.8) is 0 Å². The Morgan fingerprint density at radius 2 is 2.05 bits per heavy atom. The lowest BCUT2D eigenvalue weighted by Gasteiger charge is -2.07. The van der Waals surface area contributed by atoms with E-state index < -0.39 is 21.7 Å². The molecule has 1 aromatic carbocycles. The lowest BCUT2D eigenvalue weighted by atomic mass is 10.3. The van der Waals surface area contributed by atoms with Crippen LogP contribution in [0.3, 0.4) is 0 Å². The molecule has 1 unspecified atom stereocenters. The highest BCUT2D eigenvalue weighted by Gasteiger charge is 2.22. The van der Waals surface area contributed by atoms with E-state index in [1.807, 2.05) is 0 Å². The quantitative estimate of drug-likeness (QED) is 0.631. The minimum absolute atomic E-state index is 0.183. The van der Waals surface area contributed by atoms with Gasteiger partial charge in [0.15, 0.2) is 0 Å². The Morgan fingerprint density at radius 3 is 2.62 bits per heavy atom. The molecule has 0 amide bonds. The van der Waals surface area contributed by atoms with Crippen molar-refractivity contribution in [2.75, 3.05) is 0 Å². The van der Waals surface area contributed by atoms with Crippen molar-refractivity contribution in [1.29, 1.82) is 0 Å². The average molecular weight is 311 g/mol. The molecule has 0 spiro atoms. The van der Waals surface area contributed by atoms with Crippen LogP contribution in [0.4, 0.5) is 11.4 Å². The number of rotatable bonds is 5. The zero-order chi connectivity index (χ0) is 15.6. The molecule has 0 radical (unpaired) electrons. The van der Waals surface area contributed by atoms with Crippen molar-refractivity contribution in [3.8, 4) is 0 Å². The van der Waals surface area contributed by atoms with Gasteiger partial charge in [0.25, 0.3) is 11.4 Å². The summed E-state index contributed by atoms with van der Waals surface area (Å²) in [5.41, 5.74) is 4.90. The molecule has 0 saturated heterocycles. The van der Waals surface area contributed by atoms with Gasteiger partial charge in [0.1, 0.15) is 6.17 Å². The number of nitro groups is 2. The van der Waals surface area contributed by atoms with E-state index in [0.717, 1.165) is 17.8 Å². The van der Waals surface area contributed by atoms with E-state index in [-0.39, 0.29) is 15.7 Å². The Bertz CT molecular complexity index is 701. The number of hydrogen-bond donors (Lipinski definition) is 1. The fraction of sp³-hybridized carbons (Fsp3) is 0.222. The number of hydrogen-bond acceptors (Lipinski definition) is 9. The van der Waals surface area contributed by atoms with Crippen molar-refractivity contribution < 1.29 is 9.85 Å². The summed E-state index contributed by atoms with van der Waals surface area (Å²) < 4.78 is 1.29. The van der Waals surface area contributed by atoms with E-state index in [1.165, 1.54) is 16.8 Å². The number of aromatic nitrogens is 4. The van der Waals surface area contributed by atoms with Gasteiger partial charge in [-0.2, -0.15) is 0 Å². The lowest BCUT2D eigenvalue weighted by molar-refractivity contribution is -0.396. The molecular formula is C9H9N7O4S. The van der Waals surface area contributed by atoms with Gasteiger partial charge in [0.2, 0.25) is 5.16 Å². The van der Waals surface area contributed by atoms with Crippen LogP contribution in [0.5, 0.6) is 0 Å². The first kappa shape index (κ1) is 14.8. The molecule has 1 heterocycles. The van der Waals surface area contributed by atoms with Crippen LogP contribution < -0.4 is 5.73 Å². The molecule has 2 aromatic rings. The van der Waals surface area contributed by atoms with Crippen molar-refractivity contribution in [1.82, 2.24) is 20.2 Å². The number of tetrazole rings is 1. The van der Waals surface area contributed by atoms with Gasteiger partial charge in [-0.1, -0.05) is 0 Å². The number of non-ortho nitro benzene ring substituents is 1. The molecule has 0 aliphatic carbocycles. The Balaban J connectivity index is 2.42. The second-order valence-electron chi connectivity index (χ2n) is 3.91. The molecule has 12 heteroatoms. The number of nitrogens with zero attached hydrogens (tertiary/aromatic N) is 6. The second-order valence-corrected chi connectivity index (χ2v) is 4.92. The summed E-state index contributed by atoms with van der Waals surface area (Å²) in [6, 6.07) is 3.35. The van der Waals surface area contributed by atoms with Crippen LogP contribution in [0.15, 0.2) is 28.3 Å². The summed E-state index contributed by atoms with van der Waals surface area (Å²) in [7, 11) is 0. The summed E-state index contributed by atoms with van der Waals surface area (Å²) in [6.07, 6.45) is -0.514. The highest BCUT2D eigenvalue weighted by atomic mass is 32.2. The van der Waals surface area contributed by atoms with Crippen LogP contribution in [-0.4, -0.2) is 30.1 Å². The van der Waals surface area contributed by atoms with Crippen LogP contribution in [0.2, 0.25) is 0 Å². The van der Waals surface area contributed by atoms with E-state index in [4.69, 9.17) is 5.73 Å². The number of nitro benzene ring substituents is 2. The van der Waals surface area contributed by atoms with Crippen molar-refractivity contribution in [2.24, 2.45) is 5.73 Å². The molecule has 11 nitrogen and oxygen atoms in total. The molecular weight excluding hydrogens is 302 g/mol. The normalized spacial score (nSPS) is 12.1. The van der Waals surface area contributed by atoms with E-state index in [2.05, 4.69) is 15.5 Å². The third-order valence-corrected chi connectivity index (χ3v) is 3.42. The monoisotopic (exact) mass is 311 g/mol. The van der Waals surface area contributed by atoms with Gasteiger partial charge in [0.05, 0.1) is 20.8 Å². The minimum atomic E-state index is -0.701. The van der Waals surface area contributed by atoms with E-state index >= 15 is 0 Å². The second kappa shape index (κ2) is 5.80. The van der Waals surface area contributed by atoms with Crippen LogP contribution in [-0.2, 0) is 0 Å². The SMILES string of the molecule is CC(N)n1nnnc1Sc1ccc([N+](=O)[O-])cc1[N+](=O)[O-]. The first-order valence-electron chi connectivity index (χ1n) is 5.54. The zero-order valence-electron chi connectivity index (χ0n) is 10.6. The Hall–Kier alpha value is -2.60. The smallest absolute Gasteiger partial charge is 0.290 e. The molecule has 2 N–H and O–H groups in total.